The van der Waals surface area contributed by atoms with E-state index in [2.05, 4.69) is 6.92 Å². The highest BCUT2D eigenvalue weighted by Crippen LogP contribution is 2.45. The third kappa shape index (κ3) is 3.76. The van der Waals surface area contributed by atoms with Gasteiger partial charge in [0.25, 0.3) is 5.91 Å². The number of fused-ring (bicyclic) bond motifs is 1. The number of rotatable bonds is 7. The maximum Gasteiger partial charge on any atom is 0.313 e. The Hall–Kier alpha value is -2.40. The van der Waals surface area contributed by atoms with Crippen LogP contribution in [0.4, 0.5) is 4.39 Å². The zero-order valence-electron chi connectivity index (χ0n) is 15.7. The van der Waals surface area contributed by atoms with Gasteiger partial charge in [0.05, 0.1) is 6.04 Å². The number of hydrogen-bond donors (Lipinski definition) is 1. The Bertz CT molecular complexity index is 866. The van der Waals surface area contributed by atoms with Crippen LogP contribution in [0.5, 0.6) is 0 Å². The topological polar surface area (TPSA) is 57.6 Å². The highest BCUT2D eigenvalue weighted by molar-refractivity contribution is 6.31. The molecular formula is C22H23ClFNO3. The largest absolute Gasteiger partial charge is 0.481 e. The molecule has 6 heteroatoms. The Morgan fingerprint density at radius 2 is 1.89 bits per heavy atom. The molecule has 0 fully saturated rings. The quantitative estimate of drug-likeness (QED) is 0.627. The van der Waals surface area contributed by atoms with Gasteiger partial charge in [0.2, 0.25) is 0 Å². The van der Waals surface area contributed by atoms with E-state index in [4.69, 9.17) is 11.6 Å². The van der Waals surface area contributed by atoms with Crippen molar-refractivity contribution < 1.29 is 19.1 Å². The van der Waals surface area contributed by atoms with Gasteiger partial charge in [-0.15, -0.1) is 0 Å². The summed E-state index contributed by atoms with van der Waals surface area (Å²) >= 11 is 6.29. The first kappa shape index (κ1) is 20.3. The first-order chi connectivity index (χ1) is 13.5. The molecule has 1 heterocycles. The third-order valence-corrected chi connectivity index (χ3v) is 5.58. The number of carbonyl (C=O) groups is 2. The van der Waals surface area contributed by atoms with Crippen molar-refractivity contribution in [1.82, 2.24) is 4.90 Å². The second-order valence-corrected chi connectivity index (χ2v) is 7.45. The molecule has 1 aliphatic heterocycles. The summed E-state index contributed by atoms with van der Waals surface area (Å²) in [4.78, 5) is 27.0. The van der Waals surface area contributed by atoms with E-state index >= 15 is 0 Å². The summed E-state index contributed by atoms with van der Waals surface area (Å²) in [6.07, 6.45) is 3.69. The minimum absolute atomic E-state index is 0.0647. The summed E-state index contributed by atoms with van der Waals surface area (Å²) in [6.45, 7) is 2.44. The van der Waals surface area contributed by atoms with Crippen LogP contribution in [0.25, 0.3) is 0 Å². The van der Waals surface area contributed by atoms with Gasteiger partial charge < -0.3 is 10.0 Å². The lowest BCUT2D eigenvalue weighted by Crippen LogP contribution is -2.45. The molecule has 148 valence electrons. The van der Waals surface area contributed by atoms with E-state index in [1.807, 2.05) is 0 Å². The number of amides is 1. The van der Waals surface area contributed by atoms with Crippen LogP contribution in [0.2, 0.25) is 5.02 Å². The molecule has 1 aliphatic rings. The molecule has 2 atom stereocenters. The van der Waals surface area contributed by atoms with Crippen LogP contribution in [0.1, 0.15) is 66.1 Å². The number of benzene rings is 2. The maximum atomic E-state index is 14.8. The number of carboxylic acid groups (broad SMARTS) is 1. The predicted molar refractivity (Wildman–Crippen MR) is 106 cm³/mol. The van der Waals surface area contributed by atoms with Gasteiger partial charge in [-0.1, -0.05) is 62.1 Å². The normalized spacial score (nSPS) is 18.8. The first-order valence-electron chi connectivity index (χ1n) is 9.54. The number of unbranched alkanes of at least 4 members (excludes halogenated alkanes) is 3. The first-order valence-corrected chi connectivity index (χ1v) is 9.91. The van der Waals surface area contributed by atoms with Gasteiger partial charge in [0, 0.05) is 22.7 Å². The number of aliphatic carboxylic acids is 1. The molecule has 0 aromatic heterocycles. The summed E-state index contributed by atoms with van der Waals surface area (Å²) in [5.74, 6) is -3.08. The maximum absolute atomic E-state index is 14.8. The molecule has 0 unspecified atom stereocenters. The Morgan fingerprint density at radius 3 is 2.57 bits per heavy atom. The van der Waals surface area contributed by atoms with E-state index in [9.17, 15) is 19.1 Å². The van der Waals surface area contributed by atoms with Crippen LogP contribution >= 0.6 is 11.6 Å². The van der Waals surface area contributed by atoms with Crippen molar-refractivity contribution in [2.75, 3.05) is 6.54 Å². The van der Waals surface area contributed by atoms with E-state index in [-0.39, 0.29) is 16.5 Å². The zero-order valence-corrected chi connectivity index (χ0v) is 16.5. The summed E-state index contributed by atoms with van der Waals surface area (Å²) < 4.78 is 14.8. The lowest BCUT2D eigenvalue weighted by atomic mass is 9.79. The Kier molecular flexibility index (Phi) is 6.35. The molecule has 0 bridgehead atoms. The van der Waals surface area contributed by atoms with Gasteiger partial charge in [-0.3, -0.25) is 9.59 Å². The fourth-order valence-electron chi connectivity index (χ4n) is 3.93. The van der Waals surface area contributed by atoms with Crippen LogP contribution in [-0.4, -0.2) is 28.4 Å². The number of halogens is 2. The van der Waals surface area contributed by atoms with E-state index in [0.717, 1.165) is 25.7 Å². The Morgan fingerprint density at radius 1 is 1.14 bits per heavy atom. The zero-order chi connectivity index (χ0) is 20.3. The smallest absolute Gasteiger partial charge is 0.313 e. The molecule has 0 saturated carbocycles. The van der Waals surface area contributed by atoms with Gasteiger partial charge in [-0.05, 0) is 30.2 Å². The van der Waals surface area contributed by atoms with E-state index in [0.29, 0.717) is 17.7 Å². The fourth-order valence-corrected chi connectivity index (χ4v) is 4.20. The van der Waals surface area contributed by atoms with Crippen LogP contribution in [0.15, 0.2) is 42.5 Å². The van der Waals surface area contributed by atoms with E-state index in [1.54, 1.807) is 24.3 Å². The molecule has 0 saturated heterocycles. The predicted octanol–water partition coefficient (Wildman–Crippen LogP) is 5.42. The van der Waals surface area contributed by atoms with Gasteiger partial charge in [-0.25, -0.2) is 4.39 Å². The SMILES string of the molecule is CCCCCCN1C(=O)c2ccccc2[C@@H](C(=O)O)[C@@H]1c1c(F)cccc1Cl. The lowest BCUT2D eigenvalue weighted by molar-refractivity contribution is -0.140. The van der Waals surface area contributed by atoms with Crippen LogP contribution < -0.4 is 0 Å². The number of carboxylic acids is 1. The molecule has 1 N–H and O–H groups in total. The van der Waals surface area contributed by atoms with Crippen molar-refractivity contribution in [3.8, 4) is 0 Å². The van der Waals surface area contributed by atoms with Crippen LogP contribution in [0, 0.1) is 5.82 Å². The molecule has 4 nitrogen and oxygen atoms in total. The Labute approximate surface area is 168 Å². The summed E-state index contributed by atoms with van der Waals surface area (Å²) in [5, 5.41) is 10.1. The minimum Gasteiger partial charge on any atom is -0.481 e. The molecular weight excluding hydrogens is 381 g/mol. The van der Waals surface area contributed by atoms with Gasteiger partial charge in [0.1, 0.15) is 11.7 Å². The van der Waals surface area contributed by atoms with Crippen molar-refractivity contribution in [2.45, 2.75) is 44.6 Å². The molecule has 0 spiro atoms. The minimum atomic E-state index is -1.11. The number of hydrogen-bond acceptors (Lipinski definition) is 2. The molecule has 1 amide bonds. The monoisotopic (exact) mass is 403 g/mol. The van der Waals surface area contributed by atoms with Crippen molar-refractivity contribution >= 4 is 23.5 Å². The van der Waals surface area contributed by atoms with Crippen LogP contribution in [0.3, 0.4) is 0 Å². The Balaban J connectivity index is 2.14. The van der Waals surface area contributed by atoms with Gasteiger partial charge in [0.15, 0.2) is 0 Å². The van der Waals surface area contributed by atoms with Crippen molar-refractivity contribution in [3.05, 3.63) is 70.0 Å². The van der Waals surface area contributed by atoms with Crippen LogP contribution in [-0.2, 0) is 4.79 Å². The van der Waals surface area contributed by atoms with E-state index < -0.39 is 23.7 Å². The highest BCUT2D eigenvalue weighted by atomic mass is 35.5. The van der Waals surface area contributed by atoms with Crippen molar-refractivity contribution in [1.29, 1.82) is 0 Å². The van der Waals surface area contributed by atoms with Crippen molar-refractivity contribution in [3.63, 3.8) is 0 Å². The number of nitrogens with zero attached hydrogens (tertiary/aromatic N) is 1. The fraction of sp³-hybridized carbons (Fsp3) is 0.364. The second kappa shape index (κ2) is 8.74. The van der Waals surface area contributed by atoms with Gasteiger partial charge >= 0.3 is 5.97 Å². The molecule has 2 aromatic carbocycles. The standard InChI is InChI=1S/C22H23ClFNO3/c1-2-3-4-7-13-25-20(19-16(23)11-8-12-17(19)24)18(22(27)28)14-9-5-6-10-15(14)21(25)26/h5-6,8-12,18,20H,2-4,7,13H2,1H3,(H,27,28)/t18-,20-/m1/s1. The average Bonchev–Trinajstić information content (AvgIpc) is 2.66. The molecule has 0 radical (unpaired) electrons. The lowest BCUT2D eigenvalue weighted by Gasteiger charge is -2.41. The third-order valence-electron chi connectivity index (χ3n) is 5.25. The highest BCUT2D eigenvalue weighted by Gasteiger charge is 2.45. The average molecular weight is 404 g/mol. The molecule has 2 aromatic rings. The van der Waals surface area contributed by atoms with Gasteiger partial charge in [-0.2, -0.15) is 0 Å². The molecule has 28 heavy (non-hydrogen) atoms. The summed E-state index contributed by atoms with van der Waals surface area (Å²) in [6, 6.07) is 9.92. The van der Waals surface area contributed by atoms with Crippen molar-refractivity contribution in [2.24, 2.45) is 0 Å². The molecule has 3 rings (SSSR count). The summed E-state index contributed by atoms with van der Waals surface area (Å²) in [7, 11) is 0. The summed E-state index contributed by atoms with van der Waals surface area (Å²) in [5.41, 5.74) is 0.818. The second-order valence-electron chi connectivity index (χ2n) is 7.04. The number of carbonyl (C=O) groups excluding carboxylic acids is 1. The van der Waals surface area contributed by atoms with E-state index in [1.165, 1.54) is 23.1 Å². The molecule has 0 aliphatic carbocycles.